The van der Waals surface area contributed by atoms with Crippen LogP contribution in [-0.4, -0.2) is 21.5 Å². The van der Waals surface area contributed by atoms with Gasteiger partial charge in [-0.2, -0.15) is 0 Å². The first-order chi connectivity index (χ1) is 10.2. The summed E-state index contributed by atoms with van der Waals surface area (Å²) in [7, 11) is 0. The van der Waals surface area contributed by atoms with E-state index in [-0.39, 0.29) is 0 Å². The molecule has 4 nitrogen and oxygen atoms in total. The molecule has 0 unspecified atom stereocenters. The molecular weight excluding hydrogens is 324 g/mol. The van der Waals surface area contributed by atoms with E-state index in [9.17, 15) is 0 Å². The predicted molar refractivity (Wildman–Crippen MR) is 90.8 cm³/mol. The number of anilines is 1. The number of halogens is 1. The van der Waals surface area contributed by atoms with Crippen LogP contribution in [0, 0.1) is 6.92 Å². The standard InChI is InChI=1S/C14H15ClN4S2/c1-3-9-6-10-12(18-14(15)19-13(10)21-9)16-5-4-11-17-8(2)7-20-11/h6-7H,3-5H2,1-2H3,(H,16,18,19). The van der Waals surface area contributed by atoms with Crippen LogP contribution in [0.5, 0.6) is 0 Å². The van der Waals surface area contributed by atoms with Crippen molar-refractivity contribution >= 4 is 50.3 Å². The van der Waals surface area contributed by atoms with Crippen LogP contribution in [-0.2, 0) is 12.8 Å². The van der Waals surface area contributed by atoms with Crippen molar-refractivity contribution in [1.29, 1.82) is 0 Å². The summed E-state index contributed by atoms with van der Waals surface area (Å²) in [5, 5.41) is 7.91. The number of rotatable bonds is 5. The second-order valence-corrected chi connectivity index (χ2v) is 7.08. The molecule has 21 heavy (non-hydrogen) atoms. The Morgan fingerprint density at radius 2 is 2.14 bits per heavy atom. The third-order valence-corrected chi connectivity index (χ3v) is 5.43. The van der Waals surface area contributed by atoms with E-state index in [1.165, 1.54) is 4.88 Å². The Bertz CT molecular complexity index is 766. The van der Waals surface area contributed by atoms with Crippen molar-refractivity contribution in [3.8, 4) is 0 Å². The number of thiazole rings is 1. The molecule has 110 valence electrons. The molecule has 0 saturated carbocycles. The van der Waals surface area contributed by atoms with Crippen molar-refractivity contribution in [3.63, 3.8) is 0 Å². The third kappa shape index (κ3) is 3.33. The first kappa shape index (κ1) is 14.7. The number of fused-ring (bicyclic) bond motifs is 1. The van der Waals surface area contributed by atoms with Gasteiger partial charge in [-0.15, -0.1) is 22.7 Å². The third-order valence-electron chi connectivity index (χ3n) is 3.06. The highest BCUT2D eigenvalue weighted by molar-refractivity contribution is 7.18. The van der Waals surface area contributed by atoms with Crippen molar-refractivity contribution in [1.82, 2.24) is 15.0 Å². The van der Waals surface area contributed by atoms with Crippen molar-refractivity contribution in [3.05, 3.63) is 32.3 Å². The highest BCUT2D eigenvalue weighted by atomic mass is 35.5. The minimum absolute atomic E-state index is 0.291. The summed E-state index contributed by atoms with van der Waals surface area (Å²) in [5.41, 5.74) is 1.08. The summed E-state index contributed by atoms with van der Waals surface area (Å²) in [6, 6.07) is 2.15. The predicted octanol–water partition coefficient (Wildman–Crippen LogP) is 4.33. The zero-order valence-corrected chi connectivity index (χ0v) is 14.2. The highest BCUT2D eigenvalue weighted by Gasteiger charge is 2.10. The largest absolute Gasteiger partial charge is 0.369 e. The molecule has 0 fully saturated rings. The Labute approximate surface area is 136 Å². The molecule has 3 aromatic heterocycles. The van der Waals surface area contributed by atoms with Gasteiger partial charge in [0.25, 0.3) is 0 Å². The number of nitrogens with zero attached hydrogens (tertiary/aromatic N) is 3. The summed E-state index contributed by atoms with van der Waals surface area (Å²) >= 11 is 9.37. The topological polar surface area (TPSA) is 50.7 Å². The summed E-state index contributed by atoms with van der Waals surface area (Å²) < 4.78 is 0. The molecule has 0 aliphatic rings. The fourth-order valence-electron chi connectivity index (χ4n) is 2.06. The average molecular weight is 339 g/mol. The van der Waals surface area contributed by atoms with E-state index in [4.69, 9.17) is 11.6 Å². The number of hydrogen-bond donors (Lipinski definition) is 1. The molecule has 0 aliphatic carbocycles. The smallest absolute Gasteiger partial charge is 0.225 e. The monoisotopic (exact) mass is 338 g/mol. The maximum absolute atomic E-state index is 6.01. The van der Waals surface area contributed by atoms with E-state index in [2.05, 4.69) is 38.6 Å². The fourth-order valence-corrected chi connectivity index (χ4v) is 4.02. The van der Waals surface area contributed by atoms with Crippen LogP contribution >= 0.6 is 34.3 Å². The molecule has 0 radical (unpaired) electrons. The molecule has 3 rings (SSSR count). The van der Waals surface area contributed by atoms with Crippen molar-refractivity contribution in [2.24, 2.45) is 0 Å². The van der Waals surface area contributed by atoms with Crippen LogP contribution in [0.15, 0.2) is 11.4 Å². The summed E-state index contributed by atoms with van der Waals surface area (Å²) in [4.78, 5) is 15.3. The lowest BCUT2D eigenvalue weighted by molar-refractivity contribution is 0.978. The molecular formula is C14H15ClN4S2. The van der Waals surface area contributed by atoms with Gasteiger partial charge in [0, 0.05) is 28.9 Å². The van der Waals surface area contributed by atoms with Gasteiger partial charge in [-0.05, 0) is 31.0 Å². The maximum atomic E-state index is 6.01. The van der Waals surface area contributed by atoms with E-state index >= 15 is 0 Å². The Kier molecular flexibility index (Phi) is 4.37. The van der Waals surface area contributed by atoms with E-state index in [0.29, 0.717) is 5.28 Å². The summed E-state index contributed by atoms with van der Waals surface area (Å²) in [6.07, 6.45) is 1.88. The van der Waals surface area contributed by atoms with Gasteiger partial charge in [-0.25, -0.2) is 15.0 Å². The van der Waals surface area contributed by atoms with Crippen LogP contribution in [0.2, 0.25) is 5.28 Å². The van der Waals surface area contributed by atoms with Crippen molar-refractivity contribution < 1.29 is 0 Å². The zero-order valence-electron chi connectivity index (χ0n) is 11.8. The molecule has 0 spiro atoms. The van der Waals surface area contributed by atoms with Gasteiger partial charge in [0.2, 0.25) is 5.28 Å². The fraction of sp³-hybridized carbons (Fsp3) is 0.357. The highest BCUT2D eigenvalue weighted by Crippen LogP contribution is 2.30. The van der Waals surface area contributed by atoms with E-state index in [1.807, 2.05) is 6.92 Å². The number of thiophene rings is 1. The molecule has 0 atom stereocenters. The van der Waals surface area contributed by atoms with Gasteiger partial charge in [0.1, 0.15) is 10.6 Å². The molecule has 0 aliphatic heterocycles. The van der Waals surface area contributed by atoms with Crippen molar-refractivity contribution in [2.45, 2.75) is 26.7 Å². The van der Waals surface area contributed by atoms with E-state index < -0.39 is 0 Å². The van der Waals surface area contributed by atoms with Gasteiger partial charge >= 0.3 is 0 Å². The Balaban J connectivity index is 1.77. The maximum Gasteiger partial charge on any atom is 0.225 e. The number of nitrogens with one attached hydrogen (secondary N) is 1. The Hall–Kier alpha value is -1.24. The van der Waals surface area contributed by atoms with Crippen LogP contribution < -0.4 is 5.32 Å². The molecule has 7 heteroatoms. The van der Waals surface area contributed by atoms with Crippen LogP contribution in [0.4, 0.5) is 5.82 Å². The van der Waals surface area contributed by atoms with E-state index in [0.717, 1.165) is 46.1 Å². The van der Waals surface area contributed by atoms with Gasteiger partial charge in [0.15, 0.2) is 0 Å². The van der Waals surface area contributed by atoms with Crippen molar-refractivity contribution in [2.75, 3.05) is 11.9 Å². The Morgan fingerprint density at radius 3 is 2.86 bits per heavy atom. The Morgan fingerprint density at radius 1 is 1.29 bits per heavy atom. The molecule has 0 saturated heterocycles. The lowest BCUT2D eigenvalue weighted by Gasteiger charge is -2.05. The zero-order chi connectivity index (χ0) is 14.8. The molecule has 1 N–H and O–H groups in total. The minimum Gasteiger partial charge on any atom is -0.369 e. The molecule has 0 bridgehead atoms. The first-order valence-electron chi connectivity index (χ1n) is 6.76. The lowest BCUT2D eigenvalue weighted by Crippen LogP contribution is -2.07. The molecule has 3 heterocycles. The average Bonchev–Trinajstić information content (AvgIpc) is 3.04. The summed E-state index contributed by atoms with van der Waals surface area (Å²) in [6.45, 7) is 4.93. The number of hydrogen-bond acceptors (Lipinski definition) is 6. The van der Waals surface area contributed by atoms with Crippen LogP contribution in [0.25, 0.3) is 10.2 Å². The van der Waals surface area contributed by atoms with E-state index in [1.54, 1.807) is 22.7 Å². The van der Waals surface area contributed by atoms with Gasteiger partial charge in [0.05, 0.1) is 10.4 Å². The SMILES string of the molecule is CCc1cc2c(NCCc3nc(C)cs3)nc(Cl)nc2s1. The number of aromatic nitrogens is 3. The van der Waals surface area contributed by atoms with Gasteiger partial charge in [-0.1, -0.05) is 6.92 Å². The van der Waals surface area contributed by atoms with Crippen LogP contribution in [0.3, 0.4) is 0 Å². The summed E-state index contributed by atoms with van der Waals surface area (Å²) in [5.74, 6) is 0.814. The first-order valence-corrected chi connectivity index (χ1v) is 8.84. The molecule has 0 amide bonds. The van der Waals surface area contributed by atoms with Crippen LogP contribution in [0.1, 0.15) is 22.5 Å². The normalized spacial score (nSPS) is 11.2. The lowest BCUT2D eigenvalue weighted by atomic mass is 10.3. The number of aryl methyl sites for hydroxylation is 2. The quantitative estimate of drug-likeness (QED) is 0.703. The second-order valence-electron chi connectivity index (χ2n) is 4.69. The molecule has 3 aromatic rings. The minimum atomic E-state index is 0.291. The second kappa shape index (κ2) is 6.25. The molecule has 0 aromatic carbocycles. The van der Waals surface area contributed by atoms with Gasteiger partial charge in [-0.3, -0.25) is 0 Å². The van der Waals surface area contributed by atoms with Gasteiger partial charge < -0.3 is 5.32 Å².